The number of hydrogen-bond acceptors (Lipinski definition) is 8. The summed E-state index contributed by atoms with van der Waals surface area (Å²) in [5, 5.41) is 13.0. The molecular formula is C40H54N8O3. The van der Waals surface area contributed by atoms with E-state index in [4.69, 9.17) is 9.47 Å². The average Bonchev–Trinajstić information content (AvgIpc) is 3.83. The maximum absolute atomic E-state index is 12.8. The van der Waals surface area contributed by atoms with Crippen LogP contribution in [0.5, 0.6) is 5.75 Å². The second kappa shape index (κ2) is 17.4. The Balaban J connectivity index is 0.00000248. The van der Waals surface area contributed by atoms with Crippen LogP contribution in [0.15, 0.2) is 96.3 Å². The minimum Gasteiger partial charge on any atom is -0.493 e. The number of nitrogens with zero attached hydrogens (tertiary/aromatic N) is 8. The summed E-state index contributed by atoms with van der Waals surface area (Å²) in [6.07, 6.45) is 5.85. The highest BCUT2D eigenvalue weighted by Gasteiger charge is 2.31. The lowest BCUT2D eigenvalue weighted by Crippen LogP contribution is -2.46. The molecule has 1 saturated heterocycles. The van der Waals surface area contributed by atoms with Crippen LogP contribution in [0.25, 0.3) is 5.69 Å². The molecule has 3 unspecified atom stereocenters. The molecule has 11 nitrogen and oxygen atoms in total. The molecule has 3 atom stereocenters. The van der Waals surface area contributed by atoms with Gasteiger partial charge in [-0.2, -0.15) is 20.1 Å². The molecule has 0 radical (unpaired) electrons. The summed E-state index contributed by atoms with van der Waals surface area (Å²) in [5.74, 6) is 1.03. The molecule has 272 valence electrons. The summed E-state index contributed by atoms with van der Waals surface area (Å²) < 4.78 is 15.9. The molecule has 11 heteroatoms. The van der Waals surface area contributed by atoms with Gasteiger partial charge < -0.3 is 19.3 Å². The summed E-state index contributed by atoms with van der Waals surface area (Å²) in [7, 11) is 0. The summed E-state index contributed by atoms with van der Waals surface area (Å²) in [5.41, 5.74) is 4.81. The molecule has 5 aromatic rings. The molecule has 6 rings (SSSR count). The molecule has 0 amide bonds. The van der Waals surface area contributed by atoms with Gasteiger partial charge in [-0.3, -0.25) is 0 Å². The molecule has 3 aromatic carbocycles. The Kier molecular flexibility index (Phi) is 12.7. The van der Waals surface area contributed by atoms with Gasteiger partial charge in [0.25, 0.3) is 0 Å². The van der Waals surface area contributed by atoms with E-state index in [9.17, 15) is 4.79 Å². The van der Waals surface area contributed by atoms with Gasteiger partial charge in [0.1, 0.15) is 17.7 Å². The predicted octanol–water partition coefficient (Wildman–Crippen LogP) is 6.90. The van der Waals surface area contributed by atoms with Gasteiger partial charge in [0, 0.05) is 43.5 Å². The molecule has 1 aliphatic rings. The average molecular weight is 695 g/mol. The third kappa shape index (κ3) is 9.07. The Morgan fingerprint density at radius 2 is 1.35 bits per heavy atom. The van der Waals surface area contributed by atoms with E-state index in [0.717, 1.165) is 55.3 Å². The first-order valence-corrected chi connectivity index (χ1v) is 18.3. The lowest BCUT2D eigenvalue weighted by atomic mass is 9.91. The maximum atomic E-state index is 12.8. The van der Waals surface area contributed by atoms with Crippen LogP contribution < -0.4 is 20.2 Å². The van der Waals surface area contributed by atoms with Crippen molar-refractivity contribution in [2.75, 3.05) is 49.2 Å². The number of piperazine rings is 1. The van der Waals surface area contributed by atoms with E-state index in [2.05, 4.69) is 101 Å². The van der Waals surface area contributed by atoms with E-state index in [0.29, 0.717) is 19.8 Å². The standard InChI is InChI=1S/C38H48N8O3.C2H6/c1-6-31(4)46-37(47)44(28-41-46)34-13-11-32(12-14-34)42-21-23-43(24-22-42)33-15-17-35(18-16-33)48-25-29(2)26-49-38(5,27-45-39-19-20-40-45)36-10-8-7-9-30(36)3;1-2/h7-20,28-29,31H,6,21-27H2,1-5H3;1-2H3. The van der Waals surface area contributed by atoms with E-state index >= 15 is 0 Å². The molecule has 51 heavy (non-hydrogen) atoms. The van der Waals surface area contributed by atoms with E-state index < -0.39 is 5.60 Å². The minimum absolute atomic E-state index is 0.0754. The van der Waals surface area contributed by atoms with E-state index in [-0.39, 0.29) is 17.6 Å². The van der Waals surface area contributed by atoms with Crippen LogP contribution in [0.2, 0.25) is 0 Å². The first-order chi connectivity index (χ1) is 24.7. The SMILES string of the molecule is CC.CCC(C)n1ncn(-c2ccc(N3CCN(c4ccc(OCC(C)COC(C)(Cn5nccn5)c5ccccc5C)cc4)CC3)cc2)c1=O. The quantitative estimate of drug-likeness (QED) is 0.124. The van der Waals surface area contributed by atoms with Crippen LogP contribution in [0.4, 0.5) is 11.4 Å². The largest absolute Gasteiger partial charge is 0.493 e. The lowest BCUT2D eigenvalue weighted by Gasteiger charge is -2.37. The highest BCUT2D eigenvalue weighted by molar-refractivity contribution is 5.54. The van der Waals surface area contributed by atoms with Gasteiger partial charge in [0.15, 0.2) is 0 Å². The van der Waals surface area contributed by atoms with E-state index in [1.54, 1.807) is 32.8 Å². The van der Waals surface area contributed by atoms with Gasteiger partial charge in [-0.25, -0.2) is 14.0 Å². The number of benzene rings is 3. The Hall–Kier alpha value is -4.90. The van der Waals surface area contributed by atoms with Crippen molar-refractivity contribution in [1.82, 2.24) is 29.3 Å². The number of anilines is 2. The number of ether oxygens (including phenoxy) is 2. The molecule has 0 spiro atoms. The number of aromatic nitrogens is 6. The van der Waals surface area contributed by atoms with Gasteiger partial charge in [-0.1, -0.05) is 52.0 Å². The Labute approximate surface area is 302 Å². The normalized spacial score (nSPS) is 15.4. The van der Waals surface area contributed by atoms with E-state index in [1.807, 2.05) is 45.0 Å². The Bertz CT molecular complexity index is 1830. The van der Waals surface area contributed by atoms with Crippen molar-refractivity contribution in [2.45, 2.75) is 73.1 Å². The van der Waals surface area contributed by atoms with Crippen LogP contribution in [-0.2, 0) is 16.9 Å². The second-order valence-corrected chi connectivity index (χ2v) is 13.3. The Morgan fingerprint density at radius 1 is 0.784 bits per heavy atom. The van der Waals surface area contributed by atoms with Crippen molar-refractivity contribution in [3.05, 3.63) is 113 Å². The van der Waals surface area contributed by atoms with Crippen molar-refractivity contribution in [3.8, 4) is 11.4 Å². The van der Waals surface area contributed by atoms with Crippen LogP contribution >= 0.6 is 0 Å². The van der Waals surface area contributed by atoms with Gasteiger partial charge in [0.05, 0.1) is 43.9 Å². The zero-order chi connectivity index (χ0) is 36.4. The zero-order valence-electron chi connectivity index (χ0n) is 31.3. The third-order valence-corrected chi connectivity index (χ3v) is 9.52. The number of rotatable bonds is 14. The fourth-order valence-corrected chi connectivity index (χ4v) is 6.35. The third-order valence-electron chi connectivity index (χ3n) is 9.52. The molecule has 1 aliphatic heterocycles. The smallest absolute Gasteiger partial charge is 0.350 e. The van der Waals surface area contributed by atoms with Crippen LogP contribution in [0.3, 0.4) is 0 Å². The van der Waals surface area contributed by atoms with Gasteiger partial charge in [-0.15, -0.1) is 0 Å². The molecule has 1 fully saturated rings. The number of hydrogen-bond donors (Lipinski definition) is 0. The lowest BCUT2D eigenvalue weighted by molar-refractivity contribution is -0.0710. The van der Waals surface area contributed by atoms with Gasteiger partial charge in [-0.05, 0) is 86.8 Å². The molecule has 0 aliphatic carbocycles. The second-order valence-electron chi connectivity index (χ2n) is 13.3. The Morgan fingerprint density at radius 3 is 1.94 bits per heavy atom. The summed E-state index contributed by atoms with van der Waals surface area (Å²) in [6, 6.07) is 25.0. The molecule has 0 N–H and O–H groups in total. The minimum atomic E-state index is -0.577. The fraction of sp³-hybridized carbons (Fsp3) is 0.450. The molecule has 3 heterocycles. The zero-order valence-corrected chi connectivity index (χ0v) is 31.3. The highest BCUT2D eigenvalue weighted by atomic mass is 16.5. The molecular weight excluding hydrogens is 640 g/mol. The summed E-state index contributed by atoms with van der Waals surface area (Å²) in [4.78, 5) is 19.3. The van der Waals surface area contributed by atoms with Crippen molar-refractivity contribution in [1.29, 1.82) is 0 Å². The van der Waals surface area contributed by atoms with Crippen LogP contribution in [-0.4, -0.2) is 68.7 Å². The monoisotopic (exact) mass is 694 g/mol. The van der Waals surface area contributed by atoms with Gasteiger partial charge >= 0.3 is 5.69 Å². The molecule has 2 aromatic heterocycles. The fourth-order valence-electron chi connectivity index (χ4n) is 6.35. The molecule has 0 saturated carbocycles. The van der Waals surface area contributed by atoms with Crippen molar-refractivity contribution < 1.29 is 9.47 Å². The van der Waals surface area contributed by atoms with Crippen molar-refractivity contribution in [3.63, 3.8) is 0 Å². The first-order valence-electron chi connectivity index (χ1n) is 18.3. The molecule has 0 bridgehead atoms. The summed E-state index contributed by atoms with van der Waals surface area (Å²) >= 11 is 0. The maximum Gasteiger partial charge on any atom is 0.350 e. The highest BCUT2D eigenvalue weighted by Crippen LogP contribution is 2.31. The summed E-state index contributed by atoms with van der Waals surface area (Å²) in [6.45, 7) is 19.7. The van der Waals surface area contributed by atoms with Crippen molar-refractivity contribution >= 4 is 11.4 Å². The first kappa shape index (κ1) is 37.4. The van der Waals surface area contributed by atoms with Crippen LogP contribution in [0, 0.1) is 12.8 Å². The van der Waals surface area contributed by atoms with Crippen LogP contribution in [0.1, 0.15) is 65.1 Å². The number of aryl methyl sites for hydroxylation is 1. The van der Waals surface area contributed by atoms with Crippen molar-refractivity contribution in [2.24, 2.45) is 5.92 Å². The predicted molar refractivity (Wildman–Crippen MR) is 204 cm³/mol. The topological polar surface area (TPSA) is 95.5 Å². The van der Waals surface area contributed by atoms with E-state index in [1.165, 1.54) is 11.3 Å². The van der Waals surface area contributed by atoms with Gasteiger partial charge in [0.2, 0.25) is 0 Å².